The molecule has 0 aliphatic rings. The fraction of sp³-hybridized carbons (Fsp3) is 0.667. The molecule has 1 heterocycles. The van der Waals surface area contributed by atoms with Crippen LogP contribution in [0.3, 0.4) is 0 Å². The molecule has 0 aliphatic heterocycles. The molecule has 1 atom stereocenters. The smallest absolute Gasteiger partial charge is 0.272 e. The van der Waals surface area contributed by atoms with Crippen LogP contribution in [0.25, 0.3) is 0 Å². The van der Waals surface area contributed by atoms with E-state index in [4.69, 9.17) is 0 Å². The van der Waals surface area contributed by atoms with Gasteiger partial charge in [-0.2, -0.15) is 0 Å². The lowest BCUT2D eigenvalue weighted by Crippen LogP contribution is -2.33. The van der Waals surface area contributed by atoms with Crippen molar-refractivity contribution in [1.29, 1.82) is 0 Å². The highest BCUT2D eigenvalue weighted by molar-refractivity contribution is 5.97. The van der Waals surface area contributed by atoms with Crippen LogP contribution in [0.4, 0.5) is 5.69 Å². The summed E-state index contributed by atoms with van der Waals surface area (Å²) in [5.74, 6) is 0.758. The highest BCUT2D eigenvalue weighted by Crippen LogP contribution is 2.16. The summed E-state index contributed by atoms with van der Waals surface area (Å²) in [6.45, 7) is 10.9. The Morgan fingerprint density at radius 2 is 2.00 bits per heavy atom. The molecule has 1 aromatic rings. The Morgan fingerprint density at radius 3 is 2.55 bits per heavy atom. The van der Waals surface area contributed by atoms with Crippen LogP contribution in [-0.4, -0.2) is 28.5 Å². The molecule has 0 radical (unpaired) electrons. The van der Waals surface area contributed by atoms with Crippen molar-refractivity contribution in [1.82, 2.24) is 15.3 Å². The fourth-order valence-electron chi connectivity index (χ4n) is 1.63. The summed E-state index contributed by atoms with van der Waals surface area (Å²) in [6.07, 6.45) is 3.59. The molecule has 20 heavy (non-hydrogen) atoms. The molecule has 1 aromatic heterocycles. The van der Waals surface area contributed by atoms with E-state index in [-0.39, 0.29) is 17.9 Å². The van der Waals surface area contributed by atoms with E-state index in [9.17, 15) is 4.79 Å². The fourth-order valence-corrected chi connectivity index (χ4v) is 1.63. The molecular weight excluding hydrogens is 252 g/mol. The van der Waals surface area contributed by atoms with E-state index in [1.165, 1.54) is 0 Å². The summed E-state index contributed by atoms with van der Waals surface area (Å²) in [6, 6.07) is 0.138. The number of nitrogens with zero attached hydrogens (tertiary/aromatic N) is 2. The summed E-state index contributed by atoms with van der Waals surface area (Å²) in [5, 5.41) is 6.18. The van der Waals surface area contributed by atoms with E-state index >= 15 is 0 Å². The molecule has 0 saturated heterocycles. The van der Waals surface area contributed by atoms with Gasteiger partial charge in [-0.15, -0.1) is 0 Å². The molecule has 0 fully saturated rings. The maximum absolute atomic E-state index is 12.3. The van der Waals surface area contributed by atoms with E-state index in [2.05, 4.69) is 27.5 Å². The van der Waals surface area contributed by atoms with Gasteiger partial charge in [0.05, 0.1) is 11.9 Å². The first kappa shape index (κ1) is 16.4. The summed E-state index contributed by atoms with van der Waals surface area (Å²) >= 11 is 0. The predicted molar refractivity (Wildman–Crippen MR) is 82.1 cm³/mol. The van der Waals surface area contributed by atoms with Crippen molar-refractivity contribution in [3.8, 4) is 0 Å². The van der Waals surface area contributed by atoms with Crippen LogP contribution in [0.1, 0.15) is 69.7 Å². The number of carbonyl (C=O) groups is 1. The lowest BCUT2D eigenvalue weighted by molar-refractivity contribution is 0.0934. The van der Waals surface area contributed by atoms with E-state index in [1.54, 1.807) is 6.20 Å². The number of carbonyl (C=O) groups excluding carboxylic acids is 1. The van der Waals surface area contributed by atoms with Crippen LogP contribution < -0.4 is 10.6 Å². The third-order valence-electron chi connectivity index (χ3n) is 3.09. The van der Waals surface area contributed by atoms with Gasteiger partial charge in [0.15, 0.2) is 5.69 Å². The largest absolute Gasteiger partial charge is 0.382 e. The first-order valence-corrected chi connectivity index (χ1v) is 7.41. The molecule has 0 spiro atoms. The van der Waals surface area contributed by atoms with Gasteiger partial charge in [0.25, 0.3) is 5.91 Å². The number of hydrogen-bond acceptors (Lipinski definition) is 4. The molecule has 0 saturated carbocycles. The van der Waals surface area contributed by atoms with E-state index in [0.29, 0.717) is 17.2 Å². The monoisotopic (exact) mass is 278 g/mol. The van der Waals surface area contributed by atoms with E-state index in [1.807, 2.05) is 27.7 Å². The molecular formula is C15H26N4O. The van der Waals surface area contributed by atoms with Gasteiger partial charge in [-0.3, -0.25) is 4.79 Å². The van der Waals surface area contributed by atoms with Gasteiger partial charge in [0, 0.05) is 18.5 Å². The van der Waals surface area contributed by atoms with Crippen LogP contribution in [0, 0.1) is 0 Å². The van der Waals surface area contributed by atoms with Crippen molar-refractivity contribution in [3.05, 3.63) is 17.7 Å². The predicted octanol–water partition coefficient (Wildman–Crippen LogP) is 2.95. The van der Waals surface area contributed by atoms with Gasteiger partial charge in [0.1, 0.15) is 5.82 Å². The summed E-state index contributed by atoms with van der Waals surface area (Å²) in [7, 11) is 0. The molecule has 1 amide bonds. The number of amides is 1. The van der Waals surface area contributed by atoms with Crippen molar-refractivity contribution in [2.45, 2.75) is 59.4 Å². The molecule has 0 aromatic carbocycles. The maximum Gasteiger partial charge on any atom is 0.272 e. The zero-order chi connectivity index (χ0) is 15.1. The van der Waals surface area contributed by atoms with Crippen LogP contribution in [0.15, 0.2) is 6.20 Å². The van der Waals surface area contributed by atoms with Crippen molar-refractivity contribution in [3.63, 3.8) is 0 Å². The molecule has 0 bridgehead atoms. The topological polar surface area (TPSA) is 66.9 Å². The Kier molecular flexibility index (Phi) is 6.42. The lowest BCUT2D eigenvalue weighted by Gasteiger charge is -2.15. The second-order valence-corrected chi connectivity index (χ2v) is 5.35. The van der Waals surface area contributed by atoms with E-state index < -0.39 is 0 Å². The van der Waals surface area contributed by atoms with Gasteiger partial charge >= 0.3 is 0 Å². The van der Waals surface area contributed by atoms with E-state index in [0.717, 1.165) is 19.4 Å². The Hall–Kier alpha value is -1.65. The van der Waals surface area contributed by atoms with Gasteiger partial charge in [-0.05, 0) is 19.8 Å². The summed E-state index contributed by atoms with van der Waals surface area (Å²) < 4.78 is 0. The molecule has 5 nitrogen and oxygen atoms in total. The quantitative estimate of drug-likeness (QED) is 0.804. The average molecular weight is 278 g/mol. The Morgan fingerprint density at radius 1 is 1.30 bits per heavy atom. The lowest BCUT2D eigenvalue weighted by atomic mass is 10.2. The van der Waals surface area contributed by atoms with Gasteiger partial charge in [-0.1, -0.05) is 27.7 Å². The number of nitrogens with one attached hydrogen (secondary N) is 2. The maximum atomic E-state index is 12.3. The Labute approximate surface area is 121 Å². The second kappa shape index (κ2) is 7.82. The van der Waals surface area contributed by atoms with Gasteiger partial charge in [-0.25, -0.2) is 9.97 Å². The normalized spacial score (nSPS) is 12.3. The minimum Gasteiger partial charge on any atom is -0.382 e. The SMILES string of the molecule is CCCNc1cnc(C(C)C)nc1C(=O)NC(C)CC. The number of aromatic nitrogens is 2. The zero-order valence-electron chi connectivity index (χ0n) is 13.2. The third-order valence-corrected chi connectivity index (χ3v) is 3.09. The molecule has 112 valence electrons. The van der Waals surface area contributed by atoms with Crippen LogP contribution in [0.5, 0.6) is 0 Å². The summed E-state index contributed by atoms with van der Waals surface area (Å²) in [5.41, 5.74) is 1.15. The Balaban J connectivity index is 3.03. The molecule has 1 rings (SSSR count). The van der Waals surface area contributed by atoms with Crippen molar-refractivity contribution in [2.24, 2.45) is 0 Å². The Bertz CT molecular complexity index is 445. The molecule has 5 heteroatoms. The number of anilines is 1. The third kappa shape index (κ3) is 4.47. The van der Waals surface area contributed by atoms with Crippen LogP contribution in [0.2, 0.25) is 0 Å². The number of rotatable bonds is 7. The molecule has 0 aliphatic carbocycles. The highest BCUT2D eigenvalue weighted by atomic mass is 16.2. The van der Waals surface area contributed by atoms with Gasteiger partial charge in [0.2, 0.25) is 0 Å². The second-order valence-electron chi connectivity index (χ2n) is 5.35. The molecule has 1 unspecified atom stereocenters. The van der Waals surface area contributed by atoms with Crippen LogP contribution in [-0.2, 0) is 0 Å². The zero-order valence-corrected chi connectivity index (χ0v) is 13.2. The highest BCUT2D eigenvalue weighted by Gasteiger charge is 2.17. The average Bonchev–Trinajstić information content (AvgIpc) is 2.44. The number of hydrogen-bond donors (Lipinski definition) is 2. The van der Waals surface area contributed by atoms with Crippen LogP contribution >= 0.6 is 0 Å². The van der Waals surface area contributed by atoms with Crippen molar-refractivity contribution in [2.75, 3.05) is 11.9 Å². The van der Waals surface area contributed by atoms with Crippen molar-refractivity contribution >= 4 is 11.6 Å². The first-order valence-electron chi connectivity index (χ1n) is 7.41. The minimum atomic E-state index is -0.137. The minimum absolute atomic E-state index is 0.137. The standard InChI is InChI=1S/C15H26N4O/c1-6-8-16-12-9-17-14(10(3)4)19-13(12)15(20)18-11(5)7-2/h9-11,16H,6-8H2,1-5H3,(H,18,20). The summed E-state index contributed by atoms with van der Waals surface area (Å²) in [4.78, 5) is 21.1. The van der Waals surface area contributed by atoms with Gasteiger partial charge < -0.3 is 10.6 Å². The molecule has 2 N–H and O–H groups in total. The van der Waals surface area contributed by atoms with Crippen molar-refractivity contribution < 1.29 is 4.79 Å². The first-order chi connectivity index (χ1) is 9.49.